The van der Waals surface area contributed by atoms with Crippen LogP contribution in [-0.4, -0.2) is 25.9 Å². The van der Waals surface area contributed by atoms with Crippen LogP contribution in [0.25, 0.3) is 16.6 Å². The molecule has 1 unspecified atom stereocenters. The third kappa shape index (κ3) is 3.96. The molecule has 0 saturated carbocycles. The molecule has 1 amide bonds. The van der Waals surface area contributed by atoms with Crippen molar-refractivity contribution >= 4 is 46.1 Å². The molecule has 152 valence electrons. The Kier molecular flexibility index (Phi) is 5.61. The molecule has 1 N–H and O–H groups in total. The Morgan fingerprint density at radius 2 is 1.93 bits per heavy atom. The van der Waals surface area contributed by atoms with E-state index in [1.807, 2.05) is 6.07 Å². The Labute approximate surface area is 181 Å². The van der Waals surface area contributed by atoms with Gasteiger partial charge in [-0.3, -0.25) is 19.5 Å². The number of aryl methyl sites for hydroxylation is 1. The summed E-state index contributed by atoms with van der Waals surface area (Å²) in [6, 6.07) is 15.7. The number of para-hydroxylation sites is 2. The largest absolute Gasteiger partial charge is 0.338 e. The Morgan fingerprint density at radius 1 is 1.20 bits per heavy atom. The Hall–Kier alpha value is -3.10. The fourth-order valence-corrected chi connectivity index (χ4v) is 4.03. The van der Waals surface area contributed by atoms with Crippen molar-refractivity contribution in [1.82, 2.24) is 14.7 Å². The maximum absolute atomic E-state index is 13.3. The smallest absolute Gasteiger partial charge is 0.266 e. The van der Waals surface area contributed by atoms with Gasteiger partial charge in [-0.05, 0) is 38.1 Å². The monoisotopic (exact) mass is 440 g/mol. The summed E-state index contributed by atoms with van der Waals surface area (Å²) in [5, 5.41) is 7.10. The summed E-state index contributed by atoms with van der Waals surface area (Å²) >= 11 is 7.52. The minimum Gasteiger partial charge on any atom is -0.338 e. The summed E-state index contributed by atoms with van der Waals surface area (Å²) in [5.41, 5.74) is 1.46. The SMILES string of the molecule is Cc1cc(NC(=O)C(C)Sc2nc3ccccc3c(=O)n2-c2ccccc2Cl)on1. The second-order valence-corrected chi connectivity index (χ2v) is 8.30. The van der Waals surface area contributed by atoms with Crippen LogP contribution in [0.3, 0.4) is 0 Å². The number of hydrogen-bond donors (Lipinski definition) is 1. The van der Waals surface area contributed by atoms with Gasteiger partial charge >= 0.3 is 0 Å². The van der Waals surface area contributed by atoms with Crippen molar-refractivity contribution in [3.05, 3.63) is 75.7 Å². The second-order valence-electron chi connectivity index (χ2n) is 6.59. The highest BCUT2D eigenvalue weighted by Gasteiger charge is 2.22. The van der Waals surface area contributed by atoms with E-state index in [4.69, 9.17) is 16.1 Å². The minimum atomic E-state index is -0.572. The van der Waals surface area contributed by atoms with Gasteiger partial charge in [0, 0.05) is 6.07 Å². The molecule has 30 heavy (non-hydrogen) atoms. The first-order valence-electron chi connectivity index (χ1n) is 9.11. The fraction of sp³-hybridized carbons (Fsp3) is 0.143. The van der Waals surface area contributed by atoms with E-state index >= 15 is 0 Å². The van der Waals surface area contributed by atoms with Crippen LogP contribution in [0.15, 0.2) is 69.1 Å². The third-order valence-electron chi connectivity index (χ3n) is 4.36. The molecule has 2 aromatic carbocycles. The zero-order valence-electron chi connectivity index (χ0n) is 16.1. The standard InChI is InChI=1S/C21H17ClN4O3S/c1-12-11-18(29-25-12)24-19(27)13(2)30-21-23-16-9-5-3-7-14(16)20(28)26(21)17-10-6-4-8-15(17)22/h3-11,13H,1-2H3,(H,24,27). The number of aromatic nitrogens is 3. The van der Waals surface area contributed by atoms with Gasteiger partial charge in [0.2, 0.25) is 11.8 Å². The van der Waals surface area contributed by atoms with Crippen molar-refractivity contribution in [1.29, 1.82) is 0 Å². The number of nitrogens with zero attached hydrogens (tertiary/aromatic N) is 3. The van der Waals surface area contributed by atoms with Gasteiger partial charge in [0.05, 0.1) is 32.6 Å². The number of carbonyl (C=O) groups excluding carboxylic acids is 1. The second kappa shape index (κ2) is 8.33. The van der Waals surface area contributed by atoms with Gasteiger partial charge in [-0.15, -0.1) is 0 Å². The topological polar surface area (TPSA) is 90.0 Å². The summed E-state index contributed by atoms with van der Waals surface area (Å²) in [7, 11) is 0. The molecule has 0 saturated heterocycles. The number of anilines is 1. The lowest BCUT2D eigenvalue weighted by atomic mass is 10.2. The van der Waals surface area contributed by atoms with E-state index in [9.17, 15) is 9.59 Å². The summed E-state index contributed by atoms with van der Waals surface area (Å²) in [6.45, 7) is 3.49. The third-order valence-corrected chi connectivity index (χ3v) is 5.74. The van der Waals surface area contributed by atoms with Crippen LogP contribution in [0, 0.1) is 6.92 Å². The molecule has 4 rings (SSSR count). The molecule has 0 aliphatic rings. The van der Waals surface area contributed by atoms with Gasteiger partial charge in [-0.2, -0.15) is 0 Å². The molecule has 0 fully saturated rings. The highest BCUT2D eigenvalue weighted by atomic mass is 35.5. The van der Waals surface area contributed by atoms with Crippen LogP contribution in [0.5, 0.6) is 0 Å². The maximum Gasteiger partial charge on any atom is 0.266 e. The molecular weight excluding hydrogens is 424 g/mol. The molecule has 2 heterocycles. The van der Waals surface area contributed by atoms with E-state index in [2.05, 4.69) is 15.5 Å². The molecule has 0 spiro atoms. The number of carbonyl (C=O) groups is 1. The van der Waals surface area contributed by atoms with E-state index < -0.39 is 5.25 Å². The number of halogens is 1. The van der Waals surface area contributed by atoms with Crippen molar-refractivity contribution in [2.24, 2.45) is 0 Å². The van der Waals surface area contributed by atoms with Gasteiger partial charge in [0.25, 0.3) is 5.56 Å². The number of benzene rings is 2. The van der Waals surface area contributed by atoms with E-state index in [1.54, 1.807) is 62.4 Å². The molecule has 0 aliphatic heterocycles. The van der Waals surface area contributed by atoms with E-state index in [-0.39, 0.29) is 17.4 Å². The molecule has 1 atom stereocenters. The number of rotatable bonds is 5. The van der Waals surface area contributed by atoms with Gasteiger partial charge < -0.3 is 4.52 Å². The Bertz CT molecular complexity index is 1300. The molecule has 7 nitrogen and oxygen atoms in total. The highest BCUT2D eigenvalue weighted by Crippen LogP contribution is 2.28. The number of fused-ring (bicyclic) bond motifs is 1. The Morgan fingerprint density at radius 3 is 2.67 bits per heavy atom. The molecule has 2 aromatic heterocycles. The minimum absolute atomic E-state index is 0.255. The summed E-state index contributed by atoms with van der Waals surface area (Å²) in [6.07, 6.45) is 0. The predicted octanol–water partition coefficient (Wildman–Crippen LogP) is 4.45. The predicted molar refractivity (Wildman–Crippen MR) is 118 cm³/mol. The number of amides is 1. The molecule has 0 bridgehead atoms. The van der Waals surface area contributed by atoms with Gasteiger partial charge in [-0.25, -0.2) is 4.98 Å². The van der Waals surface area contributed by atoms with Crippen LogP contribution in [0.1, 0.15) is 12.6 Å². The highest BCUT2D eigenvalue weighted by molar-refractivity contribution is 8.00. The van der Waals surface area contributed by atoms with Crippen molar-refractivity contribution in [2.45, 2.75) is 24.3 Å². The fourth-order valence-electron chi connectivity index (χ4n) is 2.89. The van der Waals surface area contributed by atoms with Crippen LogP contribution in [-0.2, 0) is 4.79 Å². The molecule has 0 aliphatic carbocycles. The van der Waals surface area contributed by atoms with Crippen LogP contribution in [0.4, 0.5) is 5.88 Å². The average molecular weight is 441 g/mol. The zero-order valence-corrected chi connectivity index (χ0v) is 17.7. The average Bonchev–Trinajstić information content (AvgIpc) is 3.14. The van der Waals surface area contributed by atoms with Crippen molar-refractivity contribution in [2.75, 3.05) is 5.32 Å². The summed E-state index contributed by atoms with van der Waals surface area (Å²) in [5.74, 6) is -0.0378. The lowest BCUT2D eigenvalue weighted by Crippen LogP contribution is -2.26. The normalized spacial score (nSPS) is 12.1. The summed E-state index contributed by atoms with van der Waals surface area (Å²) < 4.78 is 6.48. The summed E-state index contributed by atoms with van der Waals surface area (Å²) in [4.78, 5) is 30.5. The van der Waals surface area contributed by atoms with Gasteiger partial charge in [-0.1, -0.05) is 52.8 Å². The van der Waals surface area contributed by atoms with E-state index in [0.717, 1.165) is 11.8 Å². The lowest BCUT2D eigenvalue weighted by molar-refractivity contribution is -0.115. The van der Waals surface area contributed by atoms with Gasteiger partial charge in [0.15, 0.2) is 5.16 Å². The van der Waals surface area contributed by atoms with Crippen molar-refractivity contribution < 1.29 is 9.32 Å². The first-order valence-corrected chi connectivity index (χ1v) is 10.4. The zero-order chi connectivity index (χ0) is 21.3. The van der Waals surface area contributed by atoms with E-state index in [1.165, 1.54) is 4.57 Å². The van der Waals surface area contributed by atoms with E-state index in [0.29, 0.717) is 32.5 Å². The number of thioether (sulfide) groups is 1. The van der Waals surface area contributed by atoms with Crippen LogP contribution in [0.2, 0.25) is 5.02 Å². The van der Waals surface area contributed by atoms with Crippen molar-refractivity contribution in [3.63, 3.8) is 0 Å². The Balaban J connectivity index is 1.75. The molecule has 9 heteroatoms. The van der Waals surface area contributed by atoms with Crippen LogP contribution < -0.4 is 10.9 Å². The lowest BCUT2D eigenvalue weighted by Gasteiger charge is -2.16. The number of hydrogen-bond acceptors (Lipinski definition) is 6. The van der Waals surface area contributed by atoms with Crippen LogP contribution >= 0.6 is 23.4 Å². The van der Waals surface area contributed by atoms with Crippen molar-refractivity contribution in [3.8, 4) is 5.69 Å². The molecule has 0 radical (unpaired) electrons. The first-order chi connectivity index (χ1) is 14.4. The van der Waals surface area contributed by atoms with Gasteiger partial charge in [0.1, 0.15) is 0 Å². The quantitative estimate of drug-likeness (QED) is 0.364. The molecular formula is C21H17ClN4O3S. The molecule has 4 aromatic rings. The first kappa shape index (κ1) is 20.2. The maximum atomic E-state index is 13.3. The number of nitrogens with one attached hydrogen (secondary N) is 1.